The SMILES string of the molecule is CN(CCO)c1cc(/C=C2\SC(=O)NC2=O)nc(NCCNS(=O)(=O)c2cccc3cnccc23)n1. The molecule has 2 amide bonds. The molecule has 1 aliphatic heterocycles. The molecule has 4 rings (SSSR count). The average molecular weight is 530 g/mol. The first-order valence-corrected chi connectivity index (χ1v) is 13.1. The molecule has 1 aromatic carbocycles. The molecule has 4 N–H and O–H groups in total. The van der Waals surface area contributed by atoms with Gasteiger partial charge in [0.1, 0.15) is 5.82 Å². The molecule has 14 heteroatoms. The van der Waals surface area contributed by atoms with Gasteiger partial charge in [-0.1, -0.05) is 12.1 Å². The fraction of sp³-hybridized carbons (Fsp3) is 0.227. The van der Waals surface area contributed by atoms with Crippen LogP contribution < -0.4 is 20.3 Å². The summed E-state index contributed by atoms with van der Waals surface area (Å²) in [7, 11) is -2.06. The zero-order valence-corrected chi connectivity index (χ0v) is 20.8. The Kier molecular flexibility index (Phi) is 7.79. The maximum Gasteiger partial charge on any atom is 0.290 e. The molecular formula is C22H23N7O5S2. The number of carbonyl (C=O) groups is 2. The molecule has 3 heterocycles. The van der Waals surface area contributed by atoms with Crippen molar-refractivity contribution in [3.8, 4) is 0 Å². The van der Waals surface area contributed by atoms with E-state index in [1.807, 2.05) is 0 Å². The second kappa shape index (κ2) is 11.0. The van der Waals surface area contributed by atoms with Crippen LogP contribution in [0.1, 0.15) is 5.69 Å². The van der Waals surface area contributed by atoms with Crippen LogP contribution in [0, 0.1) is 0 Å². The Labute approximate surface area is 211 Å². The number of aliphatic hydroxyl groups is 1. The Bertz CT molecular complexity index is 1440. The number of sulfonamides is 1. The summed E-state index contributed by atoms with van der Waals surface area (Å²) < 4.78 is 28.3. The average Bonchev–Trinajstić information content (AvgIpc) is 3.17. The molecule has 0 radical (unpaired) electrons. The maximum absolute atomic E-state index is 12.9. The van der Waals surface area contributed by atoms with Crippen LogP contribution in [0.2, 0.25) is 0 Å². The predicted molar refractivity (Wildman–Crippen MR) is 137 cm³/mol. The van der Waals surface area contributed by atoms with Gasteiger partial charge in [-0.3, -0.25) is 19.9 Å². The fourth-order valence-electron chi connectivity index (χ4n) is 3.39. The van der Waals surface area contributed by atoms with Crippen molar-refractivity contribution >= 4 is 61.5 Å². The van der Waals surface area contributed by atoms with Crippen molar-refractivity contribution in [3.05, 3.63) is 53.3 Å². The molecule has 1 aliphatic rings. The molecule has 1 fully saturated rings. The van der Waals surface area contributed by atoms with E-state index in [0.717, 1.165) is 11.8 Å². The molecule has 0 aliphatic carbocycles. The molecular weight excluding hydrogens is 506 g/mol. The third kappa shape index (κ3) is 5.96. The summed E-state index contributed by atoms with van der Waals surface area (Å²) >= 11 is 0.768. The highest BCUT2D eigenvalue weighted by atomic mass is 32.2. The lowest BCUT2D eigenvalue weighted by Gasteiger charge is -2.18. The van der Waals surface area contributed by atoms with Gasteiger partial charge in [-0.2, -0.15) is 4.98 Å². The van der Waals surface area contributed by atoms with Gasteiger partial charge in [0.2, 0.25) is 16.0 Å². The molecule has 0 spiro atoms. The molecule has 0 saturated carbocycles. The summed E-state index contributed by atoms with van der Waals surface area (Å²) in [6, 6.07) is 8.24. The molecule has 0 atom stereocenters. The summed E-state index contributed by atoms with van der Waals surface area (Å²) in [4.78, 5) is 38.2. The van der Waals surface area contributed by atoms with Crippen LogP contribution in [0.15, 0.2) is 52.5 Å². The molecule has 1 saturated heterocycles. The standard InChI is InChI=1S/C22H23N7O5S2/c1-29(9-10-30)19-12-15(11-17-20(31)28-22(32)35-17)26-21(27-19)24-7-8-25-36(33,34)18-4-2-3-14-13-23-6-5-16(14)18/h2-6,11-13,25,30H,7-10H2,1H3,(H,24,26,27)(H,28,31,32)/b17-11-. The Balaban J connectivity index is 1.48. The largest absolute Gasteiger partial charge is 0.395 e. The second-order valence-electron chi connectivity index (χ2n) is 7.65. The van der Waals surface area contributed by atoms with Crippen LogP contribution in [0.25, 0.3) is 16.8 Å². The normalized spacial score (nSPS) is 14.9. The summed E-state index contributed by atoms with van der Waals surface area (Å²) in [6.07, 6.45) is 4.61. The number of rotatable bonds is 10. The molecule has 188 valence electrons. The van der Waals surface area contributed by atoms with Crippen LogP contribution in [-0.4, -0.2) is 72.9 Å². The van der Waals surface area contributed by atoms with Crippen molar-refractivity contribution in [3.63, 3.8) is 0 Å². The number of hydrogen-bond donors (Lipinski definition) is 4. The number of thioether (sulfide) groups is 1. The zero-order valence-electron chi connectivity index (χ0n) is 19.1. The lowest BCUT2D eigenvalue weighted by molar-refractivity contribution is -0.115. The number of fused-ring (bicyclic) bond motifs is 1. The Morgan fingerprint density at radius 2 is 2.03 bits per heavy atom. The predicted octanol–water partition coefficient (Wildman–Crippen LogP) is 1.17. The molecule has 36 heavy (non-hydrogen) atoms. The summed E-state index contributed by atoms with van der Waals surface area (Å²) in [5, 5.41) is 15.2. The van der Waals surface area contributed by atoms with Gasteiger partial charge in [-0.25, -0.2) is 18.1 Å². The molecule has 3 aromatic rings. The van der Waals surface area contributed by atoms with Crippen LogP contribution in [0.3, 0.4) is 0 Å². The van der Waals surface area contributed by atoms with Gasteiger partial charge in [-0.15, -0.1) is 0 Å². The number of nitrogens with one attached hydrogen (secondary N) is 3. The Morgan fingerprint density at radius 3 is 2.78 bits per heavy atom. The van der Waals surface area contributed by atoms with Crippen molar-refractivity contribution in [2.75, 3.05) is 43.5 Å². The van der Waals surface area contributed by atoms with Crippen molar-refractivity contribution in [1.82, 2.24) is 25.0 Å². The van der Waals surface area contributed by atoms with E-state index in [1.165, 1.54) is 18.3 Å². The number of nitrogens with zero attached hydrogens (tertiary/aromatic N) is 4. The van der Waals surface area contributed by atoms with E-state index in [9.17, 15) is 23.1 Å². The quantitative estimate of drug-likeness (QED) is 0.220. The van der Waals surface area contributed by atoms with Crippen molar-refractivity contribution < 1.29 is 23.1 Å². The minimum atomic E-state index is -3.79. The first-order valence-electron chi connectivity index (χ1n) is 10.8. The number of aliphatic hydroxyl groups excluding tert-OH is 1. The molecule has 2 aromatic heterocycles. The van der Waals surface area contributed by atoms with E-state index >= 15 is 0 Å². The topological polar surface area (TPSA) is 167 Å². The number of pyridine rings is 1. The first-order chi connectivity index (χ1) is 17.3. The molecule has 12 nitrogen and oxygen atoms in total. The summed E-state index contributed by atoms with van der Waals surface area (Å²) in [5.74, 6) is 0.143. The van der Waals surface area contributed by atoms with Gasteiger partial charge in [0, 0.05) is 55.9 Å². The van der Waals surface area contributed by atoms with Gasteiger partial charge in [0.15, 0.2) is 0 Å². The van der Waals surface area contributed by atoms with Crippen LogP contribution in [0.4, 0.5) is 16.6 Å². The van der Waals surface area contributed by atoms with Gasteiger partial charge in [-0.05, 0) is 30.0 Å². The van der Waals surface area contributed by atoms with E-state index < -0.39 is 21.2 Å². The number of carbonyl (C=O) groups excluding carboxylic acids is 2. The number of amides is 2. The van der Waals surface area contributed by atoms with Crippen LogP contribution in [0.5, 0.6) is 0 Å². The number of benzene rings is 1. The van der Waals surface area contributed by atoms with Gasteiger partial charge in [0.05, 0.1) is 22.1 Å². The molecule has 0 unspecified atom stereocenters. The highest BCUT2D eigenvalue weighted by Crippen LogP contribution is 2.26. The van der Waals surface area contributed by atoms with E-state index in [4.69, 9.17) is 0 Å². The Hall–Kier alpha value is -3.59. The lowest BCUT2D eigenvalue weighted by atomic mass is 10.2. The van der Waals surface area contributed by atoms with Crippen molar-refractivity contribution in [2.24, 2.45) is 0 Å². The number of aromatic nitrogens is 3. The highest BCUT2D eigenvalue weighted by Gasteiger charge is 2.25. The summed E-state index contributed by atoms with van der Waals surface area (Å²) in [5.41, 5.74) is 0.365. The van der Waals surface area contributed by atoms with Gasteiger partial charge >= 0.3 is 0 Å². The third-order valence-corrected chi connectivity index (χ3v) is 7.44. The zero-order chi connectivity index (χ0) is 25.7. The number of imide groups is 1. The number of hydrogen-bond acceptors (Lipinski definition) is 11. The number of likely N-dealkylation sites (N-methyl/N-ethyl adjacent to an activating group) is 1. The highest BCUT2D eigenvalue weighted by molar-refractivity contribution is 8.18. The summed E-state index contributed by atoms with van der Waals surface area (Å²) in [6.45, 7) is 0.425. The van der Waals surface area contributed by atoms with E-state index in [0.29, 0.717) is 28.8 Å². The van der Waals surface area contributed by atoms with Gasteiger partial charge in [0.25, 0.3) is 11.1 Å². The van der Waals surface area contributed by atoms with E-state index in [2.05, 4.69) is 30.3 Å². The van der Waals surface area contributed by atoms with E-state index in [-0.39, 0.29) is 35.4 Å². The third-order valence-electron chi connectivity index (χ3n) is 5.11. The lowest BCUT2D eigenvalue weighted by Crippen LogP contribution is -2.29. The van der Waals surface area contributed by atoms with Gasteiger partial charge < -0.3 is 15.3 Å². The first kappa shape index (κ1) is 25.5. The smallest absolute Gasteiger partial charge is 0.290 e. The van der Waals surface area contributed by atoms with Crippen LogP contribution in [-0.2, 0) is 14.8 Å². The van der Waals surface area contributed by atoms with Crippen molar-refractivity contribution in [2.45, 2.75) is 4.90 Å². The Morgan fingerprint density at radius 1 is 1.19 bits per heavy atom. The number of anilines is 2. The second-order valence-corrected chi connectivity index (χ2v) is 10.4. The minimum Gasteiger partial charge on any atom is -0.395 e. The fourth-order valence-corrected chi connectivity index (χ4v) is 5.31. The van der Waals surface area contributed by atoms with E-state index in [1.54, 1.807) is 42.4 Å². The molecule has 0 bridgehead atoms. The van der Waals surface area contributed by atoms with Crippen LogP contribution >= 0.6 is 11.8 Å². The maximum atomic E-state index is 12.9. The van der Waals surface area contributed by atoms with Crippen molar-refractivity contribution in [1.29, 1.82) is 0 Å². The monoisotopic (exact) mass is 529 g/mol. The minimum absolute atomic E-state index is 0.0487.